The molecule has 0 bridgehead atoms. The van der Waals surface area contributed by atoms with Crippen molar-refractivity contribution < 1.29 is 4.74 Å². The normalized spacial score (nSPS) is 18.1. The van der Waals surface area contributed by atoms with E-state index >= 15 is 0 Å². The number of benzene rings is 2. The van der Waals surface area contributed by atoms with Gasteiger partial charge in [-0.25, -0.2) is 0 Å². The van der Waals surface area contributed by atoms with E-state index in [0.29, 0.717) is 0 Å². The van der Waals surface area contributed by atoms with Crippen molar-refractivity contribution in [3.8, 4) is 0 Å². The van der Waals surface area contributed by atoms with Crippen LogP contribution in [0.2, 0.25) is 5.02 Å². The van der Waals surface area contributed by atoms with Crippen molar-refractivity contribution >= 4 is 29.1 Å². The minimum atomic E-state index is 0.00575. The maximum Gasteiger partial charge on any atom is 0.0637 e. The summed E-state index contributed by atoms with van der Waals surface area (Å²) in [6, 6.07) is 15.1. The van der Waals surface area contributed by atoms with Crippen molar-refractivity contribution in [1.82, 2.24) is 0 Å². The van der Waals surface area contributed by atoms with Crippen molar-refractivity contribution in [2.24, 2.45) is 0 Å². The molecule has 1 aliphatic rings. The van der Waals surface area contributed by atoms with E-state index in [1.165, 1.54) is 22.5 Å². The fourth-order valence-corrected chi connectivity index (χ4v) is 4.07. The van der Waals surface area contributed by atoms with Crippen LogP contribution in [0, 0.1) is 0 Å². The molecule has 0 fully saturated rings. The number of anilines is 2. The number of nitrogens with zero attached hydrogens (tertiary/aromatic N) is 2. The molecule has 3 rings (SSSR count). The lowest BCUT2D eigenvalue weighted by Crippen LogP contribution is -2.37. The van der Waals surface area contributed by atoms with Gasteiger partial charge in [-0.1, -0.05) is 49.7 Å². The van der Waals surface area contributed by atoms with Gasteiger partial charge >= 0.3 is 0 Å². The standard InChI is InChI=1S/C23H29ClN2O/c1-23(2)20-16-18(24)9-12-21(20)26(4)22(23)13-8-17-6-10-19(11-7-17)25(3)14-15-27-5/h6-13,16,22H,14-15H2,1-5H3. The zero-order valence-corrected chi connectivity index (χ0v) is 17.6. The van der Waals surface area contributed by atoms with E-state index in [9.17, 15) is 0 Å². The van der Waals surface area contributed by atoms with Gasteiger partial charge in [0, 0.05) is 49.6 Å². The van der Waals surface area contributed by atoms with Gasteiger partial charge in [-0.3, -0.25) is 0 Å². The van der Waals surface area contributed by atoms with E-state index < -0.39 is 0 Å². The SMILES string of the molecule is COCCN(C)c1ccc(C=CC2N(C)c3ccc(Cl)cc3C2(C)C)cc1. The molecule has 0 radical (unpaired) electrons. The summed E-state index contributed by atoms with van der Waals surface area (Å²) in [6.07, 6.45) is 4.52. The molecule has 144 valence electrons. The molecule has 0 aliphatic carbocycles. The molecule has 1 atom stereocenters. The van der Waals surface area contributed by atoms with Crippen LogP contribution >= 0.6 is 11.6 Å². The number of rotatable bonds is 6. The second-order valence-corrected chi connectivity index (χ2v) is 8.24. The summed E-state index contributed by atoms with van der Waals surface area (Å²) in [4.78, 5) is 4.54. The highest BCUT2D eigenvalue weighted by Gasteiger charge is 2.41. The zero-order chi connectivity index (χ0) is 19.6. The average Bonchev–Trinajstić information content (AvgIpc) is 2.84. The van der Waals surface area contributed by atoms with Gasteiger partial charge in [0.15, 0.2) is 0 Å². The van der Waals surface area contributed by atoms with Gasteiger partial charge in [0.1, 0.15) is 0 Å². The molecule has 0 amide bonds. The number of likely N-dealkylation sites (N-methyl/N-ethyl adjacent to an activating group) is 2. The maximum absolute atomic E-state index is 6.24. The highest BCUT2D eigenvalue weighted by Crippen LogP contribution is 2.45. The topological polar surface area (TPSA) is 15.7 Å². The van der Waals surface area contributed by atoms with Crippen molar-refractivity contribution in [2.75, 3.05) is 44.2 Å². The Kier molecular flexibility index (Phi) is 5.83. The number of halogens is 1. The molecule has 3 nitrogen and oxygen atoms in total. The Morgan fingerprint density at radius 3 is 2.56 bits per heavy atom. The van der Waals surface area contributed by atoms with Crippen LogP contribution in [-0.2, 0) is 10.2 Å². The van der Waals surface area contributed by atoms with Crippen LogP contribution in [-0.4, -0.2) is 40.4 Å². The smallest absolute Gasteiger partial charge is 0.0637 e. The summed E-state index contributed by atoms with van der Waals surface area (Å²) in [7, 11) is 5.97. The molecule has 2 aromatic rings. The lowest BCUT2D eigenvalue weighted by molar-refractivity contribution is 0.206. The largest absolute Gasteiger partial charge is 0.383 e. The maximum atomic E-state index is 6.24. The van der Waals surface area contributed by atoms with E-state index in [4.69, 9.17) is 16.3 Å². The lowest BCUT2D eigenvalue weighted by atomic mass is 9.80. The average molecular weight is 385 g/mol. The van der Waals surface area contributed by atoms with Gasteiger partial charge < -0.3 is 14.5 Å². The first-order valence-corrected chi connectivity index (χ1v) is 9.73. The Bertz CT molecular complexity index is 814. The molecule has 0 spiro atoms. The second kappa shape index (κ2) is 7.95. The van der Waals surface area contributed by atoms with Crippen LogP contribution in [0.4, 0.5) is 11.4 Å². The Morgan fingerprint density at radius 1 is 1.19 bits per heavy atom. The van der Waals surface area contributed by atoms with Crippen molar-refractivity contribution in [2.45, 2.75) is 25.3 Å². The Labute approximate surface area is 168 Å². The fourth-order valence-electron chi connectivity index (χ4n) is 3.89. The second-order valence-electron chi connectivity index (χ2n) is 7.80. The summed E-state index contributed by atoms with van der Waals surface area (Å²) in [5, 5.41) is 0.799. The number of ether oxygens (including phenoxy) is 1. The summed E-state index contributed by atoms with van der Waals surface area (Å²) >= 11 is 6.24. The van der Waals surface area contributed by atoms with E-state index in [2.05, 4.69) is 86.3 Å². The van der Waals surface area contributed by atoms with Crippen LogP contribution in [0.15, 0.2) is 48.5 Å². The minimum Gasteiger partial charge on any atom is -0.383 e. The monoisotopic (exact) mass is 384 g/mol. The molecule has 0 N–H and O–H groups in total. The van der Waals surface area contributed by atoms with Crippen molar-refractivity contribution in [3.63, 3.8) is 0 Å². The van der Waals surface area contributed by atoms with E-state index in [1.807, 2.05) is 6.07 Å². The summed E-state index contributed by atoms with van der Waals surface area (Å²) < 4.78 is 5.15. The third-order valence-corrected chi connectivity index (χ3v) is 5.86. The van der Waals surface area contributed by atoms with E-state index in [1.54, 1.807) is 7.11 Å². The first-order chi connectivity index (χ1) is 12.8. The van der Waals surface area contributed by atoms with Gasteiger partial charge in [-0.05, 0) is 41.5 Å². The Balaban J connectivity index is 1.76. The van der Waals surface area contributed by atoms with E-state index in [0.717, 1.165) is 18.2 Å². The molecular weight excluding hydrogens is 356 g/mol. The van der Waals surface area contributed by atoms with Gasteiger partial charge in [0.2, 0.25) is 0 Å². The third kappa shape index (κ3) is 3.99. The molecule has 0 saturated heterocycles. The molecule has 1 aliphatic heterocycles. The minimum absolute atomic E-state index is 0.00575. The highest BCUT2D eigenvalue weighted by atomic mass is 35.5. The molecule has 0 aromatic heterocycles. The number of hydrogen-bond donors (Lipinski definition) is 0. The quantitative estimate of drug-likeness (QED) is 0.678. The van der Waals surface area contributed by atoms with Gasteiger partial charge in [0.05, 0.1) is 12.6 Å². The lowest BCUT2D eigenvalue weighted by Gasteiger charge is -2.29. The molecule has 4 heteroatoms. The summed E-state index contributed by atoms with van der Waals surface area (Å²) in [6.45, 7) is 6.18. The predicted octanol–water partition coefficient (Wildman–Crippen LogP) is 5.23. The fraction of sp³-hybridized carbons (Fsp3) is 0.391. The zero-order valence-electron chi connectivity index (χ0n) is 16.9. The Morgan fingerprint density at radius 2 is 1.89 bits per heavy atom. The first-order valence-electron chi connectivity index (χ1n) is 9.36. The van der Waals surface area contributed by atoms with Gasteiger partial charge in [-0.15, -0.1) is 0 Å². The Hall–Kier alpha value is -1.97. The highest BCUT2D eigenvalue weighted by molar-refractivity contribution is 6.30. The molecule has 0 saturated carbocycles. The van der Waals surface area contributed by atoms with Crippen molar-refractivity contribution in [3.05, 3.63) is 64.7 Å². The number of methoxy groups -OCH3 is 1. The van der Waals surface area contributed by atoms with Gasteiger partial charge in [-0.2, -0.15) is 0 Å². The predicted molar refractivity (Wildman–Crippen MR) is 117 cm³/mol. The number of hydrogen-bond acceptors (Lipinski definition) is 3. The van der Waals surface area contributed by atoms with E-state index in [-0.39, 0.29) is 11.5 Å². The van der Waals surface area contributed by atoms with Crippen molar-refractivity contribution in [1.29, 1.82) is 0 Å². The number of fused-ring (bicyclic) bond motifs is 1. The van der Waals surface area contributed by atoms with Crippen LogP contribution in [0.5, 0.6) is 0 Å². The van der Waals surface area contributed by atoms with Crippen LogP contribution in [0.25, 0.3) is 6.08 Å². The van der Waals surface area contributed by atoms with Crippen LogP contribution in [0.3, 0.4) is 0 Å². The molecule has 1 unspecified atom stereocenters. The first kappa shape index (κ1) is 19.8. The van der Waals surface area contributed by atoms with Crippen LogP contribution < -0.4 is 9.80 Å². The molecule has 1 heterocycles. The van der Waals surface area contributed by atoms with Gasteiger partial charge in [0.25, 0.3) is 0 Å². The summed E-state index contributed by atoms with van der Waals surface area (Å²) in [5.41, 5.74) is 4.98. The van der Waals surface area contributed by atoms with Crippen LogP contribution in [0.1, 0.15) is 25.0 Å². The molecule has 2 aromatic carbocycles. The summed E-state index contributed by atoms with van der Waals surface area (Å²) in [5.74, 6) is 0. The molecular formula is C23H29ClN2O. The molecule has 27 heavy (non-hydrogen) atoms. The third-order valence-electron chi connectivity index (χ3n) is 5.63.